The van der Waals surface area contributed by atoms with E-state index in [9.17, 15) is 0 Å². The summed E-state index contributed by atoms with van der Waals surface area (Å²) in [4.78, 5) is 2.37. The Morgan fingerprint density at radius 1 is 0.378 bits per heavy atom. The summed E-state index contributed by atoms with van der Waals surface area (Å²) in [6.45, 7) is 2.17. The van der Waals surface area contributed by atoms with Crippen molar-refractivity contribution in [3.8, 4) is 11.1 Å². The van der Waals surface area contributed by atoms with Crippen molar-refractivity contribution < 1.29 is 4.42 Å². The highest BCUT2D eigenvalue weighted by Gasteiger charge is 2.18. The van der Waals surface area contributed by atoms with E-state index in [1.54, 1.807) is 0 Å². The van der Waals surface area contributed by atoms with Crippen LogP contribution in [-0.4, -0.2) is 0 Å². The van der Waals surface area contributed by atoms with E-state index in [0.29, 0.717) is 0 Å². The molecule has 1 aromatic heterocycles. The van der Waals surface area contributed by atoms with Crippen molar-refractivity contribution in [2.75, 3.05) is 4.90 Å². The van der Waals surface area contributed by atoms with Crippen LogP contribution in [-0.2, 0) is 0 Å². The van der Waals surface area contributed by atoms with E-state index in [2.05, 4.69) is 157 Å². The number of fused-ring (bicyclic) bond motifs is 9. The second-order valence-electron chi connectivity index (χ2n) is 11.8. The molecule has 0 amide bonds. The van der Waals surface area contributed by atoms with Crippen LogP contribution in [0.4, 0.5) is 17.1 Å². The van der Waals surface area contributed by atoms with Gasteiger partial charge < -0.3 is 9.32 Å². The first-order chi connectivity index (χ1) is 22.2. The van der Waals surface area contributed by atoms with Gasteiger partial charge in [0.1, 0.15) is 11.2 Å². The van der Waals surface area contributed by atoms with E-state index >= 15 is 0 Å². The van der Waals surface area contributed by atoms with Crippen LogP contribution < -0.4 is 4.90 Å². The van der Waals surface area contributed by atoms with E-state index < -0.39 is 0 Å². The zero-order valence-electron chi connectivity index (χ0n) is 24.9. The highest BCUT2D eigenvalue weighted by molar-refractivity contribution is 6.25. The second kappa shape index (κ2) is 10.1. The summed E-state index contributed by atoms with van der Waals surface area (Å²) >= 11 is 0. The maximum absolute atomic E-state index is 6.20. The molecule has 45 heavy (non-hydrogen) atoms. The lowest BCUT2D eigenvalue weighted by Gasteiger charge is -2.26. The van der Waals surface area contributed by atoms with Gasteiger partial charge in [-0.25, -0.2) is 0 Å². The second-order valence-corrected chi connectivity index (χ2v) is 11.8. The molecule has 0 aliphatic heterocycles. The number of nitrogens with zero attached hydrogens (tertiary/aromatic N) is 1. The minimum Gasteiger partial charge on any atom is -0.456 e. The number of aryl methyl sites for hydroxylation is 1. The Hall–Kier alpha value is -5.86. The van der Waals surface area contributed by atoms with Crippen LogP contribution in [0.2, 0.25) is 0 Å². The maximum atomic E-state index is 6.20. The molecule has 8 aromatic carbocycles. The van der Waals surface area contributed by atoms with E-state index in [-0.39, 0.29) is 0 Å². The molecule has 0 saturated carbocycles. The number of para-hydroxylation sites is 1. The lowest BCUT2D eigenvalue weighted by atomic mass is 9.94. The van der Waals surface area contributed by atoms with Crippen LogP contribution in [0.15, 0.2) is 162 Å². The van der Waals surface area contributed by atoms with Crippen molar-refractivity contribution in [1.82, 2.24) is 0 Å². The fourth-order valence-electron chi connectivity index (χ4n) is 7.02. The van der Waals surface area contributed by atoms with Gasteiger partial charge in [0.15, 0.2) is 0 Å². The third-order valence-electron chi connectivity index (χ3n) is 9.19. The normalized spacial score (nSPS) is 11.7. The van der Waals surface area contributed by atoms with Crippen LogP contribution in [0.3, 0.4) is 0 Å². The molecular formula is C43H29NO. The van der Waals surface area contributed by atoms with Crippen molar-refractivity contribution in [2.24, 2.45) is 0 Å². The molecule has 0 aliphatic rings. The zero-order chi connectivity index (χ0) is 29.9. The van der Waals surface area contributed by atoms with Gasteiger partial charge in [-0.1, -0.05) is 109 Å². The van der Waals surface area contributed by atoms with Gasteiger partial charge in [0.05, 0.1) is 0 Å². The summed E-state index contributed by atoms with van der Waals surface area (Å²) < 4.78 is 6.20. The van der Waals surface area contributed by atoms with Crippen LogP contribution in [0.1, 0.15) is 5.56 Å². The highest BCUT2D eigenvalue weighted by atomic mass is 16.3. The Balaban J connectivity index is 1.29. The molecule has 0 aliphatic carbocycles. The highest BCUT2D eigenvalue weighted by Crippen LogP contribution is 2.42. The van der Waals surface area contributed by atoms with Crippen molar-refractivity contribution in [3.05, 3.63) is 163 Å². The largest absolute Gasteiger partial charge is 0.456 e. The fraction of sp³-hybridized carbons (Fsp3) is 0.0233. The third-order valence-corrected chi connectivity index (χ3v) is 9.19. The number of hydrogen-bond acceptors (Lipinski definition) is 2. The number of benzene rings is 8. The first-order valence-corrected chi connectivity index (χ1v) is 15.4. The molecular weight excluding hydrogens is 546 g/mol. The van der Waals surface area contributed by atoms with E-state index in [4.69, 9.17) is 4.42 Å². The van der Waals surface area contributed by atoms with Gasteiger partial charge >= 0.3 is 0 Å². The first-order valence-electron chi connectivity index (χ1n) is 15.4. The zero-order valence-corrected chi connectivity index (χ0v) is 24.9. The van der Waals surface area contributed by atoms with Crippen molar-refractivity contribution in [2.45, 2.75) is 6.92 Å². The molecule has 0 fully saturated rings. The van der Waals surface area contributed by atoms with Crippen LogP contribution >= 0.6 is 0 Å². The Morgan fingerprint density at radius 2 is 0.867 bits per heavy atom. The molecule has 0 unspecified atom stereocenters. The van der Waals surface area contributed by atoms with Crippen molar-refractivity contribution in [3.63, 3.8) is 0 Å². The molecule has 1 heterocycles. The Bertz CT molecular complexity index is 2520. The van der Waals surface area contributed by atoms with Crippen molar-refractivity contribution >= 4 is 71.3 Å². The molecule has 0 N–H and O–H groups in total. The number of anilines is 3. The predicted molar refractivity (Wildman–Crippen MR) is 191 cm³/mol. The SMILES string of the molecule is Cc1ccccc1-c1ccc(N(c2ccc3oc4ccccc4c3c2)c2ccc3c4ccccc4c4ccccc4c3c2)cc1. The standard InChI is InChI=1S/C43H29NO/c1-28-10-2-3-11-33(28)29-18-20-30(21-19-29)44(32-23-25-43-41(27-32)39-16-8-9-17-42(39)45-43)31-22-24-38-36-14-5-4-12-34(36)35-13-6-7-15-37(35)40(38)26-31/h2-27H,1H3. The molecule has 9 aromatic rings. The summed E-state index contributed by atoms with van der Waals surface area (Å²) in [6.07, 6.45) is 0. The predicted octanol–water partition coefficient (Wildman–Crippen LogP) is 12.5. The molecule has 2 nitrogen and oxygen atoms in total. The minimum absolute atomic E-state index is 0.894. The lowest BCUT2D eigenvalue weighted by Crippen LogP contribution is -2.10. The van der Waals surface area contributed by atoms with Gasteiger partial charge in [-0.3, -0.25) is 0 Å². The van der Waals surface area contributed by atoms with Gasteiger partial charge in [-0.05, 0) is 104 Å². The van der Waals surface area contributed by atoms with Gasteiger partial charge in [0, 0.05) is 27.8 Å². The van der Waals surface area contributed by atoms with Crippen LogP contribution in [0, 0.1) is 6.92 Å². The van der Waals surface area contributed by atoms with Gasteiger partial charge in [-0.2, -0.15) is 0 Å². The average Bonchev–Trinajstić information content (AvgIpc) is 3.47. The molecule has 2 heteroatoms. The van der Waals surface area contributed by atoms with Gasteiger partial charge in [0.2, 0.25) is 0 Å². The van der Waals surface area contributed by atoms with Crippen LogP contribution in [0.25, 0.3) is 65.4 Å². The Morgan fingerprint density at radius 3 is 1.56 bits per heavy atom. The van der Waals surface area contributed by atoms with Gasteiger partial charge in [-0.15, -0.1) is 0 Å². The fourth-order valence-corrected chi connectivity index (χ4v) is 7.02. The van der Waals surface area contributed by atoms with E-state index in [0.717, 1.165) is 39.0 Å². The molecule has 0 spiro atoms. The summed E-state index contributed by atoms with van der Waals surface area (Å²) in [5, 5.41) is 9.85. The molecule has 212 valence electrons. The summed E-state index contributed by atoms with van der Waals surface area (Å²) in [7, 11) is 0. The minimum atomic E-state index is 0.894. The topological polar surface area (TPSA) is 16.4 Å². The Kier molecular flexibility index (Phi) is 5.76. The smallest absolute Gasteiger partial charge is 0.135 e. The summed E-state index contributed by atoms with van der Waals surface area (Å²) in [5.74, 6) is 0. The number of hydrogen-bond donors (Lipinski definition) is 0. The summed E-state index contributed by atoms with van der Waals surface area (Å²) in [5.41, 5.74) is 8.83. The molecule has 0 radical (unpaired) electrons. The first kappa shape index (κ1) is 25.6. The third kappa shape index (κ3) is 4.11. The quantitative estimate of drug-likeness (QED) is 0.194. The van der Waals surface area contributed by atoms with Gasteiger partial charge in [0.25, 0.3) is 0 Å². The van der Waals surface area contributed by atoms with E-state index in [1.807, 2.05) is 12.1 Å². The lowest BCUT2D eigenvalue weighted by molar-refractivity contribution is 0.669. The van der Waals surface area contributed by atoms with Crippen molar-refractivity contribution in [1.29, 1.82) is 0 Å². The molecule has 0 atom stereocenters. The molecule has 0 bridgehead atoms. The van der Waals surface area contributed by atoms with Crippen LogP contribution in [0.5, 0.6) is 0 Å². The summed E-state index contributed by atoms with van der Waals surface area (Å²) in [6, 6.07) is 56.7. The monoisotopic (exact) mass is 575 g/mol. The van der Waals surface area contributed by atoms with E-state index in [1.165, 1.54) is 49.0 Å². The maximum Gasteiger partial charge on any atom is 0.135 e. The average molecular weight is 576 g/mol. The molecule has 9 rings (SSSR count). The number of rotatable bonds is 4. The Labute approximate surface area is 261 Å². The molecule has 0 saturated heterocycles. The number of furan rings is 1.